The van der Waals surface area contributed by atoms with Crippen LogP contribution < -0.4 is 5.32 Å². The molecule has 1 aliphatic carbocycles. The number of rotatable bonds is 3. The third-order valence-electron chi connectivity index (χ3n) is 6.00. The number of piperidine rings is 1. The van der Waals surface area contributed by atoms with Crippen LogP contribution in [-0.4, -0.2) is 61.4 Å². The largest absolute Gasteiger partial charge is 0.356 e. The number of amides is 1. The van der Waals surface area contributed by atoms with E-state index in [1.54, 1.807) is 0 Å². The summed E-state index contributed by atoms with van der Waals surface area (Å²) in [5, 5.41) is 3.41. The molecule has 1 atom stereocenters. The summed E-state index contributed by atoms with van der Waals surface area (Å²) in [6.45, 7) is 7.05. The van der Waals surface area contributed by atoms with Gasteiger partial charge in [0.1, 0.15) is 0 Å². The van der Waals surface area contributed by atoms with E-state index in [0.29, 0.717) is 24.3 Å². The minimum Gasteiger partial charge on any atom is -0.356 e. The molecule has 2 aliphatic heterocycles. The van der Waals surface area contributed by atoms with Crippen molar-refractivity contribution >= 4 is 11.9 Å². The van der Waals surface area contributed by atoms with Crippen molar-refractivity contribution in [2.75, 3.05) is 39.8 Å². The molecule has 2 heterocycles. The molecule has 1 unspecified atom stereocenters. The van der Waals surface area contributed by atoms with E-state index in [4.69, 9.17) is 0 Å². The van der Waals surface area contributed by atoms with E-state index in [2.05, 4.69) is 22.1 Å². The Kier molecular flexibility index (Phi) is 5.12. The first kappa shape index (κ1) is 16.6. The van der Waals surface area contributed by atoms with Gasteiger partial charge in [0, 0.05) is 46.2 Å². The molecule has 0 bridgehead atoms. The molecule has 3 fully saturated rings. The third-order valence-corrected chi connectivity index (χ3v) is 6.00. The van der Waals surface area contributed by atoms with Crippen molar-refractivity contribution in [2.45, 2.75) is 51.9 Å². The number of carbonyl (C=O) groups is 1. The molecule has 0 aromatic rings. The van der Waals surface area contributed by atoms with E-state index < -0.39 is 0 Å². The van der Waals surface area contributed by atoms with Crippen molar-refractivity contribution in [1.82, 2.24) is 15.1 Å². The van der Waals surface area contributed by atoms with Crippen LogP contribution in [0.2, 0.25) is 0 Å². The highest BCUT2D eigenvalue weighted by Crippen LogP contribution is 2.47. The second-order valence-electron chi connectivity index (χ2n) is 7.84. The Morgan fingerprint density at radius 2 is 2.04 bits per heavy atom. The van der Waals surface area contributed by atoms with Gasteiger partial charge in [-0.1, -0.05) is 13.3 Å². The van der Waals surface area contributed by atoms with Gasteiger partial charge in [0.25, 0.3) is 0 Å². The average Bonchev–Trinajstić information content (AvgIpc) is 2.97. The molecule has 2 saturated heterocycles. The van der Waals surface area contributed by atoms with Crippen molar-refractivity contribution in [2.24, 2.45) is 16.3 Å². The molecule has 3 rings (SSSR count). The van der Waals surface area contributed by atoms with Gasteiger partial charge >= 0.3 is 0 Å². The summed E-state index contributed by atoms with van der Waals surface area (Å²) in [7, 11) is 1.85. The lowest BCUT2D eigenvalue weighted by molar-refractivity contribution is -0.132. The topological polar surface area (TPSA) is 47.9 Å². The van der Waals surface area contributed by atoms with Crippen LogP contribution in [-0.2, 0) is 4.79 Å². The number of hydrogen-bond donors (Lipinski definition) is 1. The number of guanidine groups is 1. The molecule has 3 aliphatic rings. The molecule has 1 amide bonds. The van der Waals surface area contributed by atoms with Crippen LogP contribution in [0.3, 0.4) is 0 Å². The number of aliphatic imine (C=N–C) groups is 1. The monoisotopic (exact) mass is 320 g/mol. The summed E-state index contributed by atoms with van der Waals surface area (Å²) < 4.78 is 0. The number of carbonyl (C=O) groups excluding carboxylic acids is 1. The van der Waals surface area contributed by atoms with Crippen molar-refractivity contribution in [3.63, 3.8) is 0 Å². The normalized spacial score (nSPS) is 27.2. The second-order valence-corrected chi connectivity index (χ2v) is 7.84. The van der Waals surface area contributed by atoms with Gasteiger partial charge in [0.05, 0.1) is 0 Å². The van der Waals surface area contributed by atoms with Crippen LogP contribution in [0.25, 0.3) is 0 Å². The van der Waals surface area contributed by atoms with Crippen molar-refractivity contribution in [3.05, 3.63) is 0 Å². The Morgan fingerprint density at radius 1 is 1.22 bits per heavy atom. The molecule has 0 aromatic carbocycles. The predicted molar refractivity (Wildman–Crippen MR) is 93.4 cm³/mol. The average molecular weight is 320 g/mol. The zero-order valence-electron chi connectivity index (χ0n) is 14.8. The molecule has 23 heavy (non-hydrogen) atoms. The molecule has 1 N–H and O–H groups in total. The lowest BCUT2D eigenvalue weighted by atomic mass is 9.68. The van der Waals surface area contributed by atoms with Gasteiger partial charge in [0.2, 0.25) is 5.91 Å². The van der Waals surface area contributed by atoms with Crippen LogP contribution in [0.5, 0.6) is 0 Å². The molecule has 5 heteroatoms. The maximum Gasteiger partial charge on any atom is 0.224 e. The summed E-state index contributed by atoms with van der Waals surface area (Å²) in [5.74, 6) is 1.92. The molecular weight excluding hydrogens is 288 g/mol. The first-order valence-electron chi connectivity index (χ1n) is 9.35. The standard InChI is InChI=1S/C18H32N4O/c1-15-5-3-11-21(13-15)16(23)6-10-20-17(19-2)22-12-9-18(14-22)7-4-8-18/h15H,3-14H2,1-2H3,(H,19,20). The van der Waals surface area contributed by atoms with Gasteiger partial charge in [-0.2, -0.15) is 0 Å². The Morgan fingerprint density at radius 3 is 2.65 bits per heavy atom. The molecule has 1 saturated carbocycles. The van der Waals surface area contributed by atoms with Gasteiger partial charge in [0.15, 0.2) is 5.96 Å². The predicted octanol–water partition coefficient (Wildman–Crippen LogP) is 2.09. The second kappa shape index (κ2) is 7.10. The minimum absolute atomic E-state index is 0.288. The number of nitrogens with one attached hydrogen (secondary N) is 1. The first-order valence-corrected chi connectivity index (χ1v) is 9.35. The highest BCUT2D eigenvalue weighted by atomic mass is 16.2. The van der Waals surface area contributed by atoms with E-state index in [1.165, 1.54) is 32.1 Å². The fourth-order valence-electron chi connectivity index (χ4n) is 4.39. The van der Waals surface area contributed by atoms with Crippen LogP contribution >= 0.6 is 0 Å². The van der Waals surface area contributed by atoms with Crippen molar-refractivity contribution in [1.29, 1.82) is 0 Å². The summed E-state index contributed by atoms with van der Waals surface area (Å²) in [6.07, 6.45) is 8.44. The van der Waals surface area contributed by atoms with Crippen LogP contribution in [0.1, 0.15) is 51.9 Å². The van der Waals surface area contributed by atoms with Crippen LogP contribution in [0, 0.1) is 11.3 Å². The highest BCUT2D eigenvalue weighted by Gasteiger charge is 2.43. The van der Waals surface area contributed by atoms with Crippen molar-refractivity contribution < 1.29 is 4.79 Å². The van der Waals surface area contributed by atoms with Gasteiger partial charge in [-0.3, -0.25) is 9.79 Å². The first-order chi connectivity index (χ1) is 11.1. The lowest BCUT2D eigenvalue weighted by Crippen LogP contribution is -2.44. The quantitative estimate of drug-likeness (QED) is 0.640. The molecule has 5 nitrogen and oxygen atoms in total. The Hall–Kier alpha value is -1.26. The van der Waals surface area contributed by atoms with Gasteiger partial charge in [-0.25, -0.2) is 0 Å². The fourth-order valence-corrected chi connectivity index (χ4v) is 4.39. The third kappa shape index (κ3) is 3.81. The number of likely N-dealkylation sites (tertiary alicyclic amines) is 2. The smallest absolute Gasteiger partial charge is 0.224 e. The van der Waals surface area contributed by atoms with Gasteiger partial charge < -0.3 is 15.1 Å². The lowest BCUT2D eigenvalue weighted by Gasteiger charge is -2.38. The van der Waals surface area contributed by atoms with E-state index in [-0.39, 0.29) is 5.91 Å². The van der Waals surface area contributed by atoms with E-state index in [1.807, 2.05) is 11.9 Å². The maximum absolute atomic E-state index is 12.3. The SMILES string of the molecule is CN=C(NCCC(=O)N1CCCC(C)C1)N1CCC2(CCC2)C1. The summed E-state index contributed by atoms with van der Waals surface area (Å²) in [4.78, 5) is 21.2. The maximum atomic E-state index is 12.3. The zero-order valence-corrected chi connectivity index (χ0v) is 14.8. The summed E-state index contributed by atoms with van der Waals surface area (Å²) in [5.41, 5.74) is 0.581. The van der Waals surface area contributed by atoms with Gasteiger partial charge in [-0.15, -0.1) is 0 Å². The van der Waals surface area contributed by atoms with E-state index in [0.717, 1.165) is 38.6 Å². The molecule has 1 spiro atoms. The van der Waals surface area contributed by atoms with E-state index in [9.17, 15) is 4.79 Å². The minimum atomic E-state index is 0.288. The number of hydrogen-bond acceptors (Lipinski definition) is 2. The van der Waals surface area contributed by atoms with E-state index >= 15 is 0 Å². The van der Waals surface area contributed by atoms with Crippen molar-refractivity contribution in [3.8, 4) is 0 Å². The molecule has 0 radical (unpaired) electrons. The Balaban J connectivity index is 1.41. The van der Waals surface area contributed by atoms with Crippen LogP contribution in [0.4, 0.5) is 0 Å². The zero-order chi connectivity index (χ0) is 16.3. The number of nitrogens with zero attached hydrogens (tertiary/aromatic N) is 3. The summed E-state index contributed by atoms with van der Waals surface area (Å²) >= 11 is 0. The Bertz CT molecular complexity index is 458. The van der Waals surface area contributed by atoms with Gasteiger partial charge in [-0.05, 0) is 43.4 Å². The van der Waals surface area contributed by atoms with Crippen LogP contribution in [0.15, 0.2) is 4.99 Å². The fraction of sp³-hybridized carbons (Fsp3) is 0.889. The molecule has 130 valence electrons. The summed E-state index contributed by atoms with van der Waals surface area (Å²) in [6, 6.07) is 0. The highest BCUT2D eigenvalue weighted by molar-refractivity contribution is 5.81. The molecular formula is C18H32N4O. The molecule has 0 aromatic heterocycles. The Labute approximate surface area is 140 Å².